The molecule has 2 aromatic rings. The zero-order valence-electron chi connectivity index (χ0n) is 7.89. The number of benzene rings is 1. The topological polar surface area (TPSA) is 73.3 Å². The van der Waals surface area contributed by atoms with Gasteiger partial charge in [-0.1, -0.05) is 11.6 Å². The molecule has 15 heavy (non-hydrogen) atoms. The lowest BCUT2D eigenvalue weighted by Gasteiger charge is -1.97. The van der Waals surface area contributed by atoms with Crippen molar-refractivity contribution in [1.29, 1.82) is 0 Å². The summed E-state index contributed by atoms with van der Waals surface area (Å²) in [5.74, 6) is 0. The molecule has 2 rings (SSSR count). The molecule has 0 bridgehead atoms. The first-order chi connectivity index (χ1) is 7.08. The van der Waals surface area contributed by atoms with Crippen LogP contribution in [-0.4, -0.2) is 4.92 Å². The molecule has 5 heteroatoms. The first-order valence-electron chi connectivity index (χ1n) is 4.27. The van der Waals surface area contributed by atoms with Gasteiger partial charge in [-0.05, 0) is 19.1 Å². The number of hydrogen-bond donors (Lipinski definition) is 0. The average Bonchev–Trinajstić information content (AvgIpc) is 2.17. The Morgan fingerprint density at radius 1 is 1.33 bits per heavy atom. The molecule has 0 atom stereocenters. The summed E-state index contributed by atoms with van der Waals surface area (Å²) < 4.78 is 4.81. The fourth-order valence-electron chi connectivity index (χ4n) is 1.36. The summed E-state index contributed by atoms with van der Waals surface area (Å²) in [4.78, 5) is 20.9. The first kappa shape index (κ1) is 9.39. The van der Waals surface area contributed by atoms with Crippen LogP contribution < -0.4 is 5.63 Å². The maximum Gasteiger partial charge on any atom is 0.415 e. The van der Waals surface area contributed by atoms with Crippen molar-refractivity contribution < 1.29 is 9.34 Å². The van der Waals surface area contributed by atoms with Gasteiger partial charge in [0.1, 0.15) is 5.58 Å². The molecule has 1 aromatic heterocycles. The maximum absolute atomic E-state index is 11.2. The molecule has 0 aliphatic heterocycles. The van der Waals surface area contributed by atoms with E-state index in [1.165, 1.54) is 6.07 Å². The molecule has 0 unspecified atom stereocenters. The van der Waals surface area contributed by atoms with Crippen molar-refractivity contribution >= 4 is 16.7 Å². The molecule has 76 valence electrons. The lowest BCUT2D eigenvalue weighted by atomic mass is 10.1. The Balaban J connectivity index is 2.83. The predicted molar refractivity (Wildman–Crippen MR) is 53.9 cm³/mol. The predicted octanol–water partition coefficient (Wildman–Crippen LogP) is 2.01. The Morgan fingerprint density at radius 3 is 2.73 bits per heavy atom. The second-order valence-electron chi connectivity index (χ2n) is 3.22. The van der Waals surface area contributed by atoms with E-state index in [4.69, 9.17) is 4.42 Å². The Morgan fingerprint density at radius 2 is 2.07 bits per heavy atom. The Bertz CT molecular complexity index is 600. The van der Waals surface area contributed by atoms with Gasteiger partial charge in [0.25, 0.3) is 0 Å². The fraction of sp³-hybridized carbons (Fsp3) is 0.100. The second-order valence-corrected chi connectivity index (χ2v) is 3.22. The highest BCUT2D eigenvalue weighted by molar-refractivity contribution is 5.79. The third kappa shape index (κ3) is 1.59. The summed E-state index contributed by atoms with van der Waals surface area (Å²) >= 11 is 0. The third-order valence-corrected chi connectivity index (χ3v) is 2.07. The van der Waals surface area contributed by atoms with Crippen LogP contribution in [0.4, 0.5) is 5.69 Å². The van der Waals surface area contributed by atoms with Gasteiger partial charge in [0.15, 0.2) is 0 Å². The van der Waals surface area contributed by atoms with Crippen molar-refractivity contribution in [3.05, 3.63) is 50.4 Å². The van der Waals surface area contributed by atoms with E-state index in [0.29, 0.717) is 11.0 Å². The standard InChI is InChI=1S/C10H7NO4/c1-6-2-3-9-7(4-6)5-8(11(13)14)10(12)15-9/h2-5H,1H3. The average molecular weight is 205 g/mol. The lowest BCUT2D eigenvalue weighted by Crippen LogP contribution is -2.05. The van der Waals surface area contributed by atoms with Crippen molar-refractivity contribution in [3.8, 4) is 0 Å². The first-order valence-corrected chi connectivity index (χ1v) is 4.27. The molecule has 0 saturated heterocycles. The van der Waals surface area contributed by atoms with E-state index in [1.807, 2.05) is 6.92 Å². The van der Waals surface area contributed by atoms with Crippen LogP contribution in [0.25, 0.3) is 11.0 Å². The van der Waals surface area contributed by atoms with Crippen molar-refractivity contribution in [3.63, 3.8) is 0 Å². The summed E-state index contributed by atoms with van der Waals surface area (Å²) in [5, 5.41) is 11.1. The summed E-state index contributed by atoms with van der Waals surface area (Å²) in [5.41, 5.74) is -0.147. The van der Waals surface area contributed by atoms with Gasteiger partial charge >= 0.3 is 11.3 Å². The highest BCUT2D eigenvalue weighted by atomic mass is 16.6. The van der Waals surface area contributed by atoms with Gasteiger partial charge in [0, 0.05) is 11.5 Å². The molecule has 1 heterocycles. The Labute approximate surface area is 84.1 Å². The summed E-state index contributed by atoms with van der Waals surface area (Å²) in [6.45, 7) is 1.86. The molecule has 0 spiro atoms. The molecule has 0 saturated carbocycles. The maximum atomic E-state index is 11.2. The molecular weight excluding hydrogens is 198 g/mol. The van der Waals surface area contributed by atoms with Crippen LogP contribution >= 0.6 is 0 Å². The Kier molecular flexibility index (Phi) is 2.00. The molecule has 0 aliphatic rings. The van der Waals surface area contributed by atoms with E-state index in [-0.39, 0.29) is 0 Å². The highest BCUT2D eigenvalue weighted by Gasteiger charge is 2.15. The van der Waals surface area contributed by atoms with Crippen LogP contribution in [0.15, 0.2) is 33.5 Å². The summed E-state index contributed by atoms with van der Waals surface area (Å²) in [7, 11) is 0. The van der Waals surface area contributed by atoms with Gasteiger partial charge in [0.2, 0.25) is 0 Å². The monoisotopic (exact) mass is 205 g/mol. The number of nitro groups is 1. The largest absolute Gasteiger partial charge is 0.418 e. The van der Waals surface area contributed by atoms with Crippen LogP contribution in [0.3, 0.4) is 0 Å². The SMILES string of the molecule is Cc1ccc2oc(=O)c([N+](=O)[O-])cc2c1. The summed E-state index contributed by atoms with van der Waals surface area (Å²) in [6.07, 6.45) is 0. The van der Waals surface area contributed by atoms with Gasteiger partial charge in [-0.15, -0.1) is 0 Å². The molecule has 0 fully saturated rings. The zero-order valence-corrected chi connectivity index (χ0v) is 7.89. The van der Waals surface area contributed by atoms with Crippen molar-refractivity contribution in [1.82, 2.24) is 0 Å². The van der Waals surface area contributed by atoms with E-state index in [1.54, 1.807) is 18.2 Å². The number of rotatable bonds is 1. The smallest absolute Gasteiger partial charge is 0.415 e. The van der Waals surface area contributed by atoms with Gasteiger partial charge < -0.3 is 4.42 Å². The number of hydrogen-bond acceptors (Lipinski definition) is 4. The van der Waals surface area contributed by atoms with Crippen molar-refractivity contribution in [2.75, 3.05) is 0 Å². The van der Waals surface area contributed by atoms with Crippen LogP contribution in [0.1, 0.15) is 5.56 Å². The molecule has 1 aromatic carbocycles. The second kappa shape index (κ2) is 3.20. The molecule has 0 N–H and O–H groups in total. The number of aryl methyl sites for hydroxylation is 1. The molecular formula is C10H7NO4. The summed E-state index contributed by atoms with van der Waals surface area (Å²) in [6, 6.07) is 6.35. The van der Waals surface area contributed by atoms with Crippen LogP contribution in [0, 0.1) is 17.0 Å². The van der Waals surface area contributed by atoms with E-state index in [9.17, 15) is 14.9 Å². The van der Waals surface area contributed by atoms with Gasteiger partial charge in [-0.25, -0.2) is 4.79 Å². The molecule has 5 nitrogen and oxygen atoms in total. The molecule has 0 radical (unpaired) electrons. The Hall–Kier alpha value is -2.17. The van der Waals surface area contributed by atoms with Crippen molar-refractivity contribution in [2.45, 2.75) is 6.92 Å². The minimum absolute atomic E-state index is 0.358. The lowest BCUT2D eigenvalue weighted by molar-refractivity contribution is -0.387. The van der Waals surface area contributed by atoms with Gasteiger partial charge in [-0.3, -0.25) is 10.1 Å². The number of fused-ring (bicyclic) bond motifs is 1. The molecule has 0 aliphatic carbocycles. The van der Waals surface area contributed by atoms with E-state index in [0.717, 1.165) is 5.56 Å². The van der Waals surface area contributed by atoms with Crippen LogP contribution in [0.5, 0.6) is 0 Å². The quantitative estimate of drug-likeness (QED) is 0.405. The van der Waals surface area contributed by atoms with Crippen LogP contribution in [0.2, 0.25) is 0 Å². The molecule has 0 amide bonds. The van der Waals surface area contributed by atoms with Crippen LogP contribution in [-0.2, 0) is 0 Å². The van der Waals surface area contributed by atoms with Gasteiger partial charge in [-0.2, -0.15) is 0 Å². The minimum Gasteiger partial charge on any atom is -0.418 e. The highest BCUT2D eigenvalue weighted by Crippen LogP contribution is 2.18. The van der Waals surface area contributed by atoms with E-state index < -0.39 is 16.2 Å². The number of nitrogens with zero attached hydrogens (tertiary/aromatic N) is 1. The minimum atomic E-state index is -0.920. The van der Waals surface area contributed by atoms with E-state index in [2.05, 4.69) is 0 Å². The van der Waals surface area contributed by atoms with E-state index >= 15 is 0 Å². The fourth-order valence-corrected chi connectivity index (χ4v) is 1.36. The normalized spacial score (nSPS) is 10.5. The third-order valence-electron chi connectivity index (χ3n) is 2.07. The van der Waals surface area contributed by atoms with Crippen molar-refractivity contribution in [2.24, 2.45) is 0 Å². The van der Waals surface area contributed by atoms with Gasteiger partial charge in [0.05, 0.1) is 4.92 Å². The zero-order chi connectivity index (χ0) is 11.0.